The van der Waals surface area contributed by atoms with Gasteiger partial charge in [0.05, 0.1) is 0 Å². The van der Waals surface area contributed by atoms with E-state index in [1.807, 2.05) is 32.1 Å². The van der Waals surface area contributed by atoms with E-state index in [9.17, 15) is 4.79 Å². The zero-order valence-corrected chi connectivity index (χ0v) is 20.5. The first-order chi connectivity index (χ1) is 7.18. The van der Waals surface area contributed by atoms with Crippen LogP contribution < -0.4 is 0 Å². The molecule has 1 spiro atoms. The minimum absolute atomic E-state index is 0. The Balaban J connectivity index is -0.000000429. The quantitative estimate of drug-likeness (QED) is 0.536. The monoisotopic (exact) mass is 474 g/mol. The van der Waals surface area contributed by atoms with Gasteiger partial charge in [-0.15, -0.1) is 0 Å². The molecule has 0 unspecified atom stereocenters. The standard InChI is InChI=1S/C11H15NO.C2H6.3Y/c1-3-10-4-5-11(6-7-11)12(8-10)9(2)13;1-2;;;/h3H,4-7H2,1-2H3;1-2H3;;;/q-2;;;;. The van der Waals surface area contributed by atoms with Crippen LogP contribution in [-0.2, 0) is 103 Å². The van der Waals surface area contributed by atoms with Crippen molar-refractivity contribution in [3.8, 4) is 0 Å². The van der Waals surface area contributed by atoms with Crippen LogP contribution in [0.2, 0.25) is 0 Å². The zero-order chi connectivity index (χ0) is 11.5. The van der Waals surface area contributed by atoms with Crippen LogP contribution in [0.5, 0.6) is 0 Å². The first kappa shape index (κ1) is 25.4. The van der Waals surface area contributed by atoms with E-state index in [2.05, 4.69) is 6.20 Å². The van der Waals surface area contributed by atoms with Crippen molar-refractivity contribution in [3.05, 3.63) is 18.2 Å². The van der Waals surface area contributed by atoms with Crippen LogP contribution in [0.1, 0.15) is 53.4 Å². The van der Waals surface area contributed by atoms with E-state index in [0.717, 1.165) is 25.7 Å². The molecule has 5 heteroatoms. The summed E-state index contributed by atoms with van der Waals surface area (Å²) in [5.41, 5.74) is 1.35. The van der Waals surface area contributed by atoms with Crippen molar-refractivity contribution in [3.63, 3.8) is 0 Å². The summed E-state index contributed by atoms with van der Waals surface area (Å²) in [6.07, 6.45) is 9.78. The molecule has 0 aromatic heterocycles. The van der Waals surface area contributed by atoms with Gasteiger partial charge in [-0.2, -0.15) is 6.92 Å². The van der Waals surface area contributed by atoms with Crippen LogP contribution >= 0.6 is 0 Å². The Morgan fingerprint density at radius 3 is 2.06 bits per heavy atom. The van der Waals surface area contributed by atoms with E-state index in [0.29, 0.717) is 0 Å². The van der Waals surface area contributed by atoms with Crippen LogP contribution in [0.4, 0.5) is 0 Å². The Bertz CT molecular complexity index is 275. The SMILES string of the molecule is CC.C[CH-]C1=[C-]N(C(C)=O)C2(CC1)CC2.[Y].[Y].[Y]. The number of carbonyl (C=O) groups is 1. The summed E-state index contributed by atoms with van der Waals surface area (Å²) >= 11 is 0. The second-order valence-electron chi connectivity index (χ2n) is 4.00. The Labute approximate surface area is 187 Å². The fourth-order valence-electron chi connectivity index (χ4n) is 2.04. The predicted molar refractivity (Wildman–Crippen MR) is 61.8 cm³/mol. The molecule has 0 N–H and O–H groups in total. The number of nitrogens with zero attached hydrogens (tertiary/aromatic N) is 1. The summed E-state index contributed by atoms with van der Waals surface area (Å²) in [7, 11) is 0. The molecule has 0 saturated heterocycles. The number of hydrogen-bond donors (Lipinski definition) is 0. The van der Waals surface area contributed by atoms with Crippen LogP contribution in [0, 0.1) is 12.6 Å². The maximum Gasteiger partial charge on any atom is 0.191 e. The molecule has 1 aliphatic heterocycles. The maximum absolute atomic E-state index is 11.4. The molecular formula is C13H21NOY3-2. The van der Waals surface area contributed by atoms with Crippen molar-refractivity contribution in [2.24, 2.45) is 0 Å². The summed E-state index contributed by atoms with van der Waals surface area (Å²) in [4.78, 5) is 13.2. The molecule has 0 atom stereocenters. The van der Waals surface area contributed by atoms with Crippen LogP contribution in [-0.4, -0.2) is 16.3 Å². The molecule has 2 aliphatic rings. The first-order valence-corrected chi connectivity index (χ1v) is 5.91. The molecule has 0 aromatic rings. The van der Waals surface area contributed by atoms with Gasteiger partial charge < -0.3 is 23.1 Å². The number of hydrogen-bond acceptors (Lipinski definition) is 1. The Morgan fingerprint density at radius 1 is 1.22 bits per heavy atom. The largest absolute Gasteiger partial charge is 0.494 e. The van der Waals surface area contributed by atoms with E-state index in [4.69, 9.17) is 0 Å². The maximum atomic E-state index is 11.4. The molecule has 0 aromatic carbocycles. The van der Waals surface area contributed by atoms with E-state index < -0.39 is 0 Å². The third kappa shape index (κ3) is 6.44. The number of allylic oxidation sites excluding steroid dienone is 1. The van der Waals surface area contributed by atoms with Gasteiger partial charge >= 0.3 is 0 Å². The van der Waals surface area contributed by atoms with Gasteiger partial charge in [0, 0.05) is 111 Å². The molecule has 1 saturated carbocycles. The van der Waals surface area contributed by atoms with Crippen molar-refractivity contribution < 1.29 is 103 Å². The molecular weight excluding hydrogens is 453 g/mol. The summed E-state index contributed by atoms with van der Waals surface area (Å²) in [6, 6.07) is 0. The van der Waals surface area contributed by atoms with Gasteiger partial charge in [0.1, 0.15) is 0 Å². The second kappa shape index (κ2) is 12.0. The van der Waals surface area contributed by atoms with Gasteiger partial charge in [0.15, 0.2) is 5.91 Å². The molecule has 1 aliphatic carbocycles. The summed E-state index contributed by atoms with van der Waals surface area (Å²) in [5.74, 6) is 0.136. The van der Waals surface area contributed by atoms with Gasteiger partial charge in [0.25, 0.3) is 0 Å². The first-order valence-electron chi connectivity index (χ1n) is 5.91. The molecule has 3 radical (unpaired) electrons. The van der Waals surface area contributed by atoms with Crippen LogP contribution in [0.15, 0.2) is 5.57 Å². The van der Waals surface area contributed by atoms with E-state index in [-0.39, 0.29) is 110 Å². The topological polar surface area (TPSA) is 20.3 Å². The second-order valence-corrected chi connectivity index (χ2v) is 4.00. The average Bonchev–Trinajstić information content (AvgIpc) is 3.02. The van der Waals surface area contributed by atoms with E-state index in [1.165, 1.54) is 5.57 Å². The van der Waals surface area contributed by atoms with E-state index >= 15 is 0 Å². The van der Waals surface area contributed by atoms with Crippen molar-refractivity contribution >= 4 is 5.91 Å². The van der Waals surface area contributed by atoms with Gasteiger partial charge in [-0.3, -0.25) is 4.79 Å². The molecule has 0 bridgehead atoms. The smallest absolute Gasteiger partial charge is 0.191 e. The van der Waals surface area contributed by atoms with Crippen LogP contribution in [0.3, 0.4) is 0 Å². The molecule has 1 fully saturated rings. The number of amides is 1. The summed E-state index contributed by atoms with van der Waals surface area (Å²) < 4.78 is 0. The molecule has 2 rings (SSSR count). The van der Waals surface area contributed by atoms with Gasteiger partial charge in [0.2, 0.25) is 0 Å². The summed E-state index contributed by atoms with van der Waals surface area (Å²) in [6.45, 7) is 7.64. The number of rotatable bonds is 1. The molecule has 1 amide bonds. The normalized spacial score (nSPS) is 17.8. The molecule has 1 heterocycles. The van der Waals surface area contributed by atoms with Crippen molar-refractivity contribution in [1.82, 2.24) is 4.90 Å². The van der Waals surface area contributed by atoms with Gasteiger partial charge in [-0.1, -0.05) is 20.3 Å². The predicted octanol–water partition coefficient (Wildman–Crippen LogP) is 3.09. The van der Waals surface area contributed by atoms with Crippen molar-refractivity contribution in [1.29, 1.82) is 0 Å². The minimum Gasteiger partial charge on any atom is -0.494 e. The summed E-state index contributed by atoms with van der Waals surface area (Å²) in [5, 5.41) is 0. The third-order valence-corrected chi connectivity index (χ3v) is 3.08. The van der Waals surface area contributed by atoms with Gasteiger partial charge in [-0.05, 0) is 19.3 Å². The minimum atomic E-state index is 0. The molecule has 2 nitrogen and oxygen atoms in total. The Hall–Kier alpha value is 2.39. The molecule has 18 heavy (non-hydrogen) atoms. The zero-order valence-electron chi connectivity index (χ0n) is 12.0. The molecule has 95 valence electrons. The fraction of sp³-hybridized carbons (Fsp3) is 0.692. The number of carbonyl (C=O) groups excluding carboxylic acids is 1. The fourth-order valence-corrected chi connectivity index (χ4v) is 2.04. The Morgan fingerprint density at radius 2 is 1.72 bits per heavy atom. The third-order valence-electron chi connectivity index (χ3n) is 3.08. The van der Waals surface area contributed by atoms with Gasteiger partial charge in [-0.25, -0.2) is 0 Å². The van der Waals surface area contributed by atoms with Crippen LogP contribution in [0.25, 0.3) is 0 Å². The average molecular weight is 474 g/mol. The Kier molecular flexibility index (Phi) is 16.9. The van der Waals surface area contributed by atoms with E-state index in [1.54, 1.807) is 6.92 Å². The van der Waals surface area contributed by atoms with Crippen molar-refractivity contribution in [2.45, 2.75) is 58.9 Å². The van der Waals surface area contributed by atoms with Crippen molar-refractivity contribution in [2.75, 3.05) is 0 Å².